The molecule has 0 unspecified atom stereocenters. The quantitative estimate of drug-likeness (QED) is 0.101. The molecule has 0 aliphatic heterocycles. The van der Waals surface area contributed by atoms with Gasteiger partial charge in [0, 0.05) is 0 Å². The van der Waals surface area contributed by atoms with Crippen LogP contribution in [-0.4, -0.2) is 96.6 Å². The van der Waals surface area contributed by atoms with Crippen LogP contribution in [0.2, 0.25) is 5.15 Å². The fourth-order valence-corrected chi connectivity index (χ4v) is 1.19. The van der Waals surface area contributed by atoms with Crippen LogP contribution >= 0.6 is 19.3 Å². The van der Waals surface area contributed by atoms with Gasteiger partial charge in [0.15, 0.2) is 22.5 Å². The van der Waals surface area contributed by atoms with Gasteiger partial charge in [-0.1, -0.05) is 11.6 Å². The molecule has 0 aromatic carbocycles. The number of hydrazone groups is 1. The number of nitrogens with one attached hydrogen (secondary N) is 2. The van der Waals surface area contributed by atoms with Crippen LogP contribution in [-0.2, 0) is 4.57 Å². The summed E-state index contributed by atoms with van der Waals surface area (Å²) in [5.74, 6) is -1.28. The van der Waals surface area contributed by atoms with E-state index < -0.39 is 13.7 Å². The topological polar surface area (TPSA) is 220 Å². The van der Waals surface area contributed by atoms with Gasteiger partial charge in [-0.3, -0.25) is 9.88 Å². The van der Waals surface area contributed by atoms with Crippen molar-refractivity contribution in [3.05, 3.63) is 10.8 Å². The Labute approximate surface area is 173 Å². The molecule has 0 aliphatic carbocycles. The first kappa shape index (κ1) is 26.9. The van der Waals surface area contributed by atoms with E-state index in [2.05, 4.69) is 15.1 Å². The second-order valence-corrected chi connectivity index (χ2v) is 4.71. The van der Waals surface area contributed by atoms with Crippen LogP contribution in [0.4, 0.5) is 11.6 Å². The molecule has 1 aromatic rings. The van der Waals surface area contributed by atoms with Gasteiger partial charge in [-0.05, 0) is 0 Å². The summed E-state index contributed by atoms with van der Waals surface area (Å²) >= 11 is 5.56. The van der Waals surface area contributed by atoms with Crippen molar-refractivity contribution in [3.8, 4) is 0 Å². The zero-order chi connectivity index (χ0) is 14.6. The Balaban J connectivity index is -0.00000120. The summed E-state index contributed by atoms with van der Waals surface area (Å²) in [6.45, 7) is 0. The summed E-state index contributed by atoms with van der Waals surface area (Å²) in [4.78, 5) is 35.6. The number of rotatable bonds is 4. The average Bonchev–Trinajstić information content (AvgIpc) is 2.28. The molecule has 1 amide bonds. The zero-order valence-corrected chi connectivity index (χ0v) is 11.3. The van der Waals surface area contributed by atoms with Crippen LogP contribution < -0.4 is 22.0 Å². The predicted molar refractivity (Wildman–Crippen MR) is 84.9 cm³/mol. The summed E-state index contributed by atoms with van der Waals surface area (Å²) in [7, 11) is -4.46. The number of nitrogens with zero attached hydrogens (tertiary/aromatic N) is 3. The normalized spacial score (nSPS) is 9.95. The van der Waals surface area contributed by atoms with Crippen LogP contribution in [0.1, 0.15) is 10.5 Å². The maximum atomic E-state index is 11.5. The van der Waals surface area contributed by atoms with Crippen molar-refractivity contribution in [1.82, 2.24) is 20.5 Å². The van der Waals surface area contributed by atoms with Crippen LogP contribution in [0.3, 0.4) is 0 Å². The van der Waals surface area contributed by atoms with Crippen molar-refractivity contribution in [2.45, 2.75) is 0 Å². The van der Waals surface area contributed by atoms with Crippen molar-refractivity contribution in [1.29, 1.82) is 0 Å². The van der Waals surface area contributed by atoms with E-state index in [4.69, 9.17) is 32.9 Å². The van der Waals surface area contributed by atoms with Crippen molar-refractivity contribution in [3.63, 3.8) is 0 Å². The third-order valence-corrected chi connectivity index (χ3v) is 2.31. The Bertz CT molecular complexity index is 585. The maximum absolute atomic E-state index is 11.5. The van der Waals surface area contributed by atoms with Crippen molar-refractivity contribution < 1.29 is 24.6 Å². The number of nitrogens with two attached hydrogens (primary N) is 2. The van der Waals surface area contributed by atoms with Gasteiger partial charge in [0.25, 0.3) is 5.91 Å². The second kappa shape index (κ2) is 11.5. The molecule has 16 heteroatoms. The molecule has 0 atom stereocenters. The number of amides is 1. The molecule has 0 spiro atoms. The molecule has 0 aliphatic rings. The average molecular weight is 376 g/mol. The van der Waals surface area contributed by atoms with Gasteiger partial charge in [0.2, 0.25) is 0 Å². The number of halogens is 1. The molecular weight excluding hydrogens is 363 g/mol. The molecule has 0 fully saturated rings. The van der Waals surface area contributed by atoms with Crippen LogP contribution in [0.15, 0.2) is 5.10 Å². The van der Waals surface area contributed by atoms with Gasteiger partial charge in [-0.25, -0.2) is 20.0 Å². The first-order valence-corrected chi connectivity index (χ1v) is 6.43. The molecule has 1 heterocycles. The van der Waals surface area contributed by atoms with Gasteiger partial charge in [-0.2, -0.15) is 5.10 Å². The van der Waals surface area contributed by atoms with Crippen LogP contribution in [0, 0.1) is 0 Å². The van der Waals surface area contributed by atoms with Crippen LogP contribution in [0.5, 0.6) is 0 Å². The molecule has 0 saturated carbocycles. The van der Waals surface area contributed by atoms with E-state index in [1.807, 2.05) is 5.43 Å². The SMILES string of the molecule is Nc1nc(N)c(C(=O)NN=CNP(=O)(O)O)nc1Cl.O.[NaH].[NaH]. The summed E-state index contributed by atoms with van der Waals surface area (Å²) < 4.78 is 10.4. The Morgan fingerprint density at radius 2 is 1.82 bits per heavy atom. The molecule has 1 aromatic heterocycles. The number of hydrogen-bond donors (Lipinski definition) is 6. The summed E-state index contributed by atoms with van der Waals surface area (Å²) in [5.41, 5.74) is 12.3. The van der Waals surface area contributed by atoms with Gasteiger partial charge in [0.1, 0.15) is 6.34 Å². The van der Waals surface area contributed by atoms with Gasteiger partial charge < -0.3 is 26.7 Å². The summed E-state index contributed by atoms with van der Waals surface area (Å²) in [6.07, 6.45) is 0.598. The number of aromatic nitrogens is 2. The minimum absolute atomic E-state index is 0. The Morgan fingerprint density at radius 1 is 1.27 bits per heavy atom. The number of carbonyl (C=O) groups excluding carboxylic acids is 1. The Kier molecular flexibility index (Phi) is 14.1. The zero-order valence-electron chi connectivity index (χ0n) is 9.61. The first-order valence-electron chi connectivity index (χ1n) is 4.44. The van der Waals surface area contributed by atoms with E-state index in [1.165, 1.54) is 0 Å². The van der Waals surface area contributed by atoms with Crippen molar-refractivity contribution >= 4 is 102 Å². The Hall–Kier alpha value is 0.0200. The van der Waals surface area contributed by atoms with Crippen molar-refractivity contribution in [2.24, 2.45) is 5.10 Å². The molecule has 10 N–H and O–H groups in total. The molecule has 1 rings (SSSR count). The molecule has 0 saturated heterocycles. The van der Waals surface area contributed by atoms with Crippen LogP contribution in [0.25, 0.3) is 0 Å². The molecular formula is C6H13ClN7Na2O5P. The monoisotopic (exact) mass is 375 g/mol. The molecule has 12 nitrogen and oxygen atoms in total. The minimum atomic E-state index is -4.46. The number of carbonyl (C=O) groups is 1. The third-order valence-electron chi connectivity index (χ3n) is 1.58. The number of hydrogen-bond acceptors (Lipinski definition) is 7. The Morgan fingerprint density at radius 3 is 2.32 bits per heavy atom. The fraction of sp³-hybridized carbons (Fsp3) is 0. The predicted octanol–water partition coefficient (Wildman–Crippen LogP) is -3.47. The second-order valence-electron chi connectivity index (χ2n) is 3.01. The molecule has 0 bridgehead atoms. The fourth-order valence-electron chi connectivity index (χ4n) is 0.857. The van der Waals surface area contributed by atoms with E-state index in [0.717, 1.165) is 0 Å². The summed E-state index contributed by atoms with van der Waals surface area (Å²) in [5, 5.41) is 4.60. The molecule has 22 heavy (non-hydrogen) atoms. The molecule has 0 radical (unpaired) electrons. The van der Waals surface area contributed by atoms with E-state index >= 15 is 0 Å². The van der Waals surface area contributed by atoms with E-state index in [0.29, 0.717) is 6.34 Å². The number of nitrogen functional groups attached to an aromatic ring is 2. The van der Waals surface area contributed by atoms with E-state index in [-0.39, 0.29) is 87.1 Å². The summed E-state index contributed by atoms with van der Waals surface area (Å²) in [6, 6.07) is 0. The van der Waals surface area contributed by atoms with Gasteiger partial charge in [-0.15, -0.1) is 0 Å². The number of anilines is 2. The van der Waals surface area contributed by atoms with E-state index in [1.54, 1.807) is 5.09 Å². The standard InChI is InChI=1S/C6H9ClN7O4P.2Na.H2O.2H/c7-3-5(9)13-4(8)2(12-3)6(15)14-10-1-11-19(16,17)18;;;;;/h1H,(H,14,15)(H4,8,9,13)(H3,10,11,16,17,18);;;1H2;;. The van der Waals surface area contributed by atoms with E-state index in [9.17, 15) is 9.36 Å². The van der Waals surface area contributed by atoms with Gasteiger partial charge in [0.05, 0.1) is 0 Å². The third kappa shape index (κ3) is 9.22. The molecule has 116 valence electrons. The van der Waals surface area contributed by atoms with Gasteiger partial charge >= 0.3 is 66.9 Å². The first-order chi connectivity index (χ1) is 8.70. The van der Waals surface area contributed by atoms with Crippen molar-refractivity contribution in [2.75, 3.05) is 11.5 Å².